The fraction of sp³-hybridized carbons (Fsp3) is 0.625. The molecule has 1 aliphatic rings. The zero-order valence-electron chi connectivity index (χ0n) is 12.7. The number of nitrogens with one attached hydrogen (secondary N) is 1. The van der Waals surface area contributed by atoms with Crippen LogP contribution in [0.3, 0.4) is 0 Å². The molecule has 0 radical (unpaired) electrons. The highest BCUT2D eigenvalue weighted by atomic mass is 32.2. The molecular formula is C16H25NO3S. The smallest absolute Gasteiger partial charge is 0.240 e. The van der Waals surface area contributed by atoms with Crippen LogP contribution in [0.15, 0.2) is 29.2 Å². The summed E-state index contributed by atoms with van der Waals surface area (Å²) in [5.41, 5.74) is 0.718. The van der Waals surface area contributed by atoms with Gasteiger partial charge in [-0.05, 0) is 49.3 Å². The average Bonchev–Trinajstić information content (AvgIpc) is 2.47. The minimum atomic E-state index is -3.45. The molecular weight excluding hydrogens is 286 g/mol. The van der Waals surface area contributed by atoms with Gasteiger partial charge in [0, 0.05) is 6.54 Å². The standard InChI is InChI=1S/C16H25NO3S/c1-12-3-5-14(6-4-12)11-17-21(19,20)16-9-7-15(8-10-16)13(2)18/h7-10,12-14,17-18H,3-6,11H2,1-2H3. The van der Waals surface area contributed by atoms with Crippen molar-refractivity contribution in [3.05, 3.63) is 29.8 Å². The van der Waals surface area contributed by atoms with Crippen LogP contribution in [-0.4, -0.2) is 20.1 Å². The fourth-order valence-electron chi connectivity index (χ4n) is 2.77. The predicted octanol–water partition coefficient (Wildman–Crippen LogP) is 2.84. The van der Waals surface area contributed by atoms with Gasteiger partial charge < -0.3 is 5.11 Å². The van der Waals surface area contributed by atoms with Crippen LogP contribution in [0, 0.1) is 11.8 Å². The normalized spacial score (nSPS) is 24.7. The molecule has 0 spiro atoms. The molecule has 1 atom stereocenters. The van der Waals surface area contributed by atoms with Crippen LogP contribution >= 0.6 is 0 Å². The molecule has 5 heteroatoms. The van der Waals surface area contributed by atoms with Gasteiger partial charge in [0.15, 0.2) is 0 Å². The fourth-order valence-corrected chi connectivity index (χ4v) is 3.89. The molecule has 0 aromatic heterocycles. The molecule has 0 aliphatic heterocycles. The summed E-state index contributed by atoms with van der Waals surface area (Å²) >= 11 is 0. The van der Waals surface area contributed by atoms with Gasteiger partial charge in [0.2, 0.25) is 10.0 Å². The van der Waals surface area contributed by atoms with Crippen molar-refractivity contribution in [3.63, 3.8) is 0 Å². The Kier molecular flexibility index (Phi) is 5.41. The number of sulfonamides is 1. The first-order valence-electron chi connectivity index (χ1n) is 7.66. The Morgan fingerprint density at radius 2 is 1.76 bits per heavy atom. The van der Waals surface area contributed by atoms with E-state index in [0.717, 1.165) is 24.3 Å². The van der Waals surface area contributed by atoms with E-state index in [0.29, 0.717) is 12.5 Å². The first kappa shape index (κ1) is 16.5. The molecule has 21 heavy (non-hydrogen) atoms. The summed E-state index contributed by atoms with van der Waals surface area (Å²) < 4.78 is 27.2. The van der Waals surface area contributed by atoms with Gasteiger partial charge in [-0.2, -0.15) is 0 Å². The van der Waals surface area contributed by atoms with Crippen molar-refractivity contribution >= 4 is 10.0 Å². The molecule has 1 saturated carbocycles. The molecule has 0 amide bonds. The van der Waals surface area contributed by atoms with E-state index in [-0.39, 0.29) is 4.90 Å². The molecule has 118 valence electrons. The van der Waals surface area contributed by atoms with Gasteiger partial charge in [0.1, 0.15) is 0 Å². The monoisotopic (exact) mass is 311 g/mol. The van der Waals surface area contributed by atoms with Gasteiger partial charge in [0.05, 0.1) is 11.0 Å². The van der Waals surface area contributed by atoms with Gasteiger partial charge >= 0.3 is 0 Å². The van der Waals surface area contributed by atoms with Gasteiger partial charge in [0.25, 0.3) is 0 Å². The van der Waals surface area contributed by atoms with Crippen molar-refractivity contribution in [2.24, 2.45) is 11.8 Å². The van der Waals surface area contributed by atoms with Crippen molar-refractivity contribution in [2.75, 3.05) is 6.54 Å². The Hall–Kier alpha value is -0.910. The number of hydrogen-bond acceptors (Lipinski definition) is 3. The molecule has 2 N–H and O–H groups in total. The highest BCUT2D eigenvalue weighted by Crippen LogP contribution is 2.28. The minimum absolute atomic E-state index is 0.260. The Morgan fingerprint density at radius 3 is 2.29 bits per heavy atom. The van der Waals surface area contributed by atoms with E-state index >= 15 is 0 Å². The van der Waals surface area contributed by atoms with Gasteiger partial charge in [-0.3, -0.25) is 0 Å². The molecule has 0 heterocycles. The van der Waals surface area contributed by atoms with E-state index in [1.807, 2.05) is 0 Å². The predicted molar refractivity (Wildman–Crippen MR) is 83.4 cm³/mol. The summed E-state index contributed by atoms with van der Waals surface area (Å²) in [6.07, 6.45) is 4.00. The number of aliphatic hydroxyl groups excluding tert-OH is 1. The highest BCUT2D eigenvalue weighted by Gasteiger charge is 2.21. The van der Waals surface area contributed by atoms with E-state index < -0.39 is 16.1 Å². The molecule has 2 rings (SSSR count). The van der Waals surface area contributed by atoms with E-state index in [9.17, 15) is 13.5 Å². The van der Waals surface area contributed by atoms with Crippen LogP contribution in [0.2, 0.25) is 0 Å². The Labute approximate surface area is 127 Å². The lowest BCUT2D eigenvalue weighted by Gasteiger charge is -2.26. The third-order valence-corrected chi connectivity index (χ3v) is 5.81. The zero-order chi connectivity index (χ0) is 15.5. The lowest BCUT2D eigenvalue weighted by molar-refractivity contribution is 0.199. The third-order valence-electron chi connectivity index (χ3n) is 4.37. The van der Waals surface area contributed by atoms with E-state index in [1.54, 1.807) is 31.2 Å². The van der Waals surface area contributed by atoms with E-state index in [1.165, 1.54) is 12.8 Å². The van der Waals surface area contributed by atoms with Crippen LogP contribution < -0.4 is 4.72 Å². The second-order valence-electron chi connectivity index (χ2n) is 6.22. The molecule has 1 aromatic carbocycles. The summed E-state index contributed by atoms with van der Waals surface area (Å²) in [7, 11) is -3.45. The van der Waals surface area contributed by atoms with Crippen molar-refractivity contribution in [2.45, 2.75) is 50.5 Å². The molecule has 4 nitrogen and oxygen atoms in total. The van der Waals surface area contributed by atoms with Crippen LogP contribution in [0.5, 0.6) is 0 Å². The average molecular weight is 311 g/mol. The largest absolute Gasteiger partial charge is 0.389 e. The van der Waals surface area contributed by atoms with Gasteiger partial charge in [-0.25, -0.2) is 13.1 Å². The first-order valence-corrected chi connectivity index (χ1v) is 9.14. The highest BCUT2D eigenvalue weighted by molar-refractivity contribution is 7.89. The van der Waals surface area contributed by atoms with Crippen molar-refractivity contribution < 1.29 is 13.5 Å². The summed E-state index contributed by atoms with van der Waals surface area (Å²) in [5, 5.41) is 9.45. The second kappa shape index (κ2) is 6.90. The topological polar surface area (TPSA) is 66.4 Å². The quantitative estimate of drug-likeness (QED) is 0.878. The third kappa shape index (κ3) is 4.53. The summed E-state index contributed by atoms with van der Waals surface area (Å²) in [5.74, 6) is 1.22. The lowest BCUT2D eigenvalue weighted by Crippen LogP contribution is -2.31. The molecule has 0 bridgehead atoms. The maximum Gasteiger partial charge on any atom is 0.240 e. The van der Waals surface area contributed by atoms with E-state index in [2.05, 4.69) is 11.6 Å². The van der Waals surface area contributed by atoms with Crippen LogP contribution in [-0.2, 0) is 10.0 Å². The van der Waals surface area contributed by atoms with Crippen LogP contribution in [0.25, 0.3) is 0 Å². The van der Waals surface area contributed by atoms with Crippen molar-refractivity contribution in [1.82, 2.24) is 4.72 Å². The summed E-state index contributed by atoms with van der Waals surface area (Å²) in [6, 6.07) is 6.41. The van der Waals surface area contributed by atoms with Crippen molar-refractivity contribution in [3.8, 4) is 0 Å². The summed E-state index contributed by atoms with van der Waals surface area (Å²) in [6.45, 7) is 4.43. The SMILES string of the molecule is CC1CCC(CNS(=O)(=O)c2ccc(C(C)O)cc2)CC1. The number of aliphatic hydroxyl groups is 1. The maximum absolute atomic E-state index is 12.2. The Balaban J connectivity index is 1.95. The first-order chi connectivity index (χ1) is 9.88. The second-order valence-corrected chi connectivity index (χ2v) is 7.99. The maximum atomic E-state index is 12.2. The lowest BCUT2D eigenvalue weighted by atomic mass is 9.83. The van der Waals surface area contributed by atoms with Gasteiger partial charge in [-0.1, -0.05) is 31.9 Å². The molecule has 1 aromatic rings. The minimum Gasteiger partial charge on any atom is -0.389 e. The van der Waals surface area contributed by atoms with Crippen LogP contribution in [0.1, 0.15) is 51.2 Å². The molecule has 1 fully saturated rings. The molecule has 1 unspecified atom stereocenters. The number of rotatable bonds is 5. The van der Waals surface area contributed by atoms with Crippen molar-refractivity contribution in [1.29, 1.82) is 0 Å². The Morgan fingerprint density at radius 1 is 1.19 bits per heavy atom. The molecule has 0 saturated heterocycles. The van der Waals surface area contributed by atoms with Gasteiger partial charge in [-0.15, -0.1) is 0 Å². The number of benzene rings is 1. The molecule has 1 aliphatic carbocycles. The van der Waals surface area contributed by atoms with E-state index in [4.69, 9.17) is 0 Å². The Bertz CT molecular complexity index is 543. The van der Waals surface area contributed by atoms with Crippen LogP contribution in [0.4, 0.5) is 0 Å². The number of hydrogen-bond donors (Lipinski definition) is 2. The zero-order valence-corrected chi connectivity index (χ0v) is 13.6. The summed E-state index contributed by atoms with van der Waals surface area (Å²) in [4.78, 5) is 0.260.